The van der Waals surface area contributed by atoms with Crippen LogP contribution >= 0.6 is 0 Å². The second-order valence-electron chi connectivity index (χ2n) is 6.15. The molecule has 29 heavy (non-hydrogen) atoms. The number of carbonyl (C=O) groups is 2. The highest BCUT2D eigenvalue weighted by Gasteiger charge is 2.22. The Kier molecular flexibility index (Phi) is 38.9. The Morgan fingerprint density at radius 3 is 1.66 bits per heavy atom. The minimum Gasteiger partial charge on any atom is -0.400 e. The van der Waals surface area contributed by atoms with Crippen LogP contribution in [0.1, 0.15) is 119 Å². The molecule has 0 aromatic heterocycles. The molecule has 2 aliphatic rings. The van der Waals surface area contributed by atoms with E-state index >= 15 is 0 Å². The van der Waals surface area contributed by atoms with E-state index in [-0.39, 0.29) is 5.91 Å². The number of amides is 1. The summed E-state index contributed by atoms with van der Waals surface area (Å²) in [6.07, 6.45) is 12.3. The molecule has 0 radical (unpaired) electrons. The van der Waals surface area contributed by atoms with Gasteiger partial charge in [-0.05, 0) is 32.1 Å². The summed E-state index contributed by atoms with van der Waals surface area (Å²) in [5.41, 5.74) is 5.02. The van der Waals surface area contributed by atoms with Crippen LogP contribution < -0.4 is 5.73 Å². The van der Waals surface area contributed by atoms with E-state index in [1.54, 1.807) is 0 Å². The van der Waals surface area contributed by atoms with Crippen LogP contribution in [0.15, 0.2) is 0 Å². The third-order valence-corrected chi connectivity index (χ3v) is 4.38. The van der Waals surface area contributed by atoms with Gasteiger partial charge in [0, 0.05) is 32.5 Å². The zero-order chi connectivity index (χ0) is 23.5. The Bertz CT molecular complexity index is 312. The first-order valence-electron chi connectivity index (χ1n) is 12.0. The number of carbonyl (C=O) groups excluding carboxylic acids is 2. The van der Waals surface area contributed by atoms with Gasteiger partial charge in [-0.3, -0.25) is 9.59 Å². The molecule has 0 heterocycles. The van der Waals surface area contributed by atoms with Crippen molar-refractivity contribution < 1.29 is 19.4 Å². The van der Waals surface area contributed by atoms with Gasteiger partial charge in [-0.15, -0.1) is 0 Å². The fourth-order valence-electron chi connectivity index (χ4n) is 2.75. The third-order valence-electron chi connectivity index (χ3n) is 4.38. The number of ketones is 1. The molecule has 2 saturated carbocycles. The van der Waals surface area contributed by atoms with Gasteiger partial charge in [0.1, 0.15) is 5.78 Å². The minimum atomic E-state index is -0.229. The van der Waals surface area contributed by atoms with Crippen LogP contribution in [0.4, 0.5) is 0 Å². The Labute approximate surface area is 182 Å². The number of ether oxygens (including phenoxy) is 1. The number of hydrogen-bond donors (Lipinski definition) is 2. The van der Waals surface area contributed by atoms with Gasteiger partial charge in [0.25, 0.3) is 0 Å². The maximum Gasteiger partial charge on any atom is 0.217 e. The van der Waals surface area contributed by atoms with Gasteiger partial charge < -0.3 is 15.6 Å². The smallest absolute Gasteiger partial charge is 0.217 e. The van der Waals surface area contributed by atoms with Gasteiger partial charge in [0.05, 0.1) is 6.10 Å². The number of aliphatic hydroxyl groups is 1. The normalized spacial score (nSPS) is 14.8. The lowest BCUT2D eigenvalue weighted by Gasteiger charge is -2.22. The highest BCUT2D eigenvalue weighted by Crippen LogP contribution is 2.27. The van der Waals surface area contributed by atoms with E-state index in [9.17, 15) is 9.59 Å². The number of primary amides is 1. The van der Waals surface area contributed by atoms with Gasteiger partial charge in [-0.25, -0.2) is 0 Å². The summed E-state index contributed by atoms with van der Waals surface area (Å²) in [5.74, 6) is 0.698. The van der Waals surface area contributed by atoms with E-state index in [4.69, 9.17) is 15.6 Å². The number of aliphatic hydroxyl groups excluding tert-OH is 1. The molecule has 2 rings (SSSR count). The van der Waals surface area contributed by atoms with Crippen LogP contribution in [-0.2, 0) is 14.3 Å². The molecular weight excluding hydrogens is 366 g/mol. The first kappa shape index (κ1) is 35.5. The van der Waals surface area contributed by atoms with Crippen molar-refractivity contribution in [3.05, 3.63) is 0 Å². The summed E-state index contributed by atoms with van der Waals surface area (Å²) < 4.78 is 5.63. The van der Waals surface area contributed by atoms with E-state index < -0.39 is 0 Å². The predicted molar refractivity (Wildman–Crippen MR) is 126 cm³/mol. The summed E-state index contributed by atoms with van der Waals surface area (Å²) in [4.78, 5) is 21.2. The highest BCUT2D eigenvalue weighted by molar-refractivity contribution is 5.81. The lowest BCUT2D eigenvalue weighted by molar-refractivity contribution is -0.124. The molecule has 3 N–H and O–H groups in total. The molecule has 5 nitrogen and oxygen atoms in total. The zero-order valence-corrected chi connectivity index (χ0v) is 20.9. The van der Waals surface area contributed by atoms with Crippen molar-refractivity contribution >= 4 is 11.7 Å². The average molecular weight is 420 g/mol. The molecule has 1 amide bonds. The molecule has 0 bridgehead atoms. The molecule has 2 aliphatic carbocycles. The first-order valence-corrected chi connectivity index (χ1v) is 12.0. The van der Waals surface area contributed by atoms with E-state index in [1.165, 1.54) is 38.5 Å². The number of hydrogen-bond acceptors (Lipinski definition) is 4. The van der Waals surface area contributed by atoms with Crippen molar-refractivity contribution in [2.24, 2.45) is 11.7 Å². The summed E-state index contributed by atoms with van der Waals surface area (Å²) in [6, 6.07) is 0. The van der Waals surface area contributed by atoms with Crippen molar-refractivity contribution in [2.45, 2.75) is 125 Å². The van der Waals surface area contributed by atoms with E-state index in [0.29, 0.717) is 30.8 Å². The van der Waals surface area contributed by atoms with Gasteiger partial charge in [-0.2, -0.15) is 0 Å². The number of rotatable bonds is 7. The molecule has 2 fully saturated rings. The average Bonchev–Trinajstić information content (AvgIpc) is 2.77. The molecule has 0 saturated heterocycles. The molecule has 0 spiro atoms. The van der Waals surface area contributed by atoms with Crippen LogP contribution in [0.5, 0.6) is 0 Å². The number of Topliss-reactive ketones (excluding diaryl/α,β-unsaturated/α-hetero) is 1. The van der Waals surface area contributed by atoms with Crippen molar-refractivity contribution in [1.29, 1.82) is 0 Å². The Hall–Kier alpha value is -0.940. The molecule has 0 aliphatic heterocycles. The Morgan fingerprint density at radius 1 is 0.862 bits per heavy atom. The second kappa shape index (κ2) is 31.7. The highest BCUT2D eigenvalue weighted by atomic mass is 16.5. The fourth-order valence-corrected chi connectivity index (χ4v) is 2.75. The van der Waals surface area contributed by atoms with Crippen LogP contribution in [0.25, 0.3) is 0 Å². The lowest BCUT2D eigenvalue weighted by atomic mass is 9.81. The molecule has 0 aromatic carbocycles. The Morgan fingerprint density at radius 2 is 1.34 bits per heavy atom. The first-order chi connectivity index (χ1) is 14.1. The van der Waals surface area contributed by atoms with Crippen molar-refractivity contribution in [1.82, 2.24) is 0 Å². The van der Waals surface area contributed by atoms with Gasteiger partial charge in [0.15, 0.2) is 0 Å². The quantitative estimate of drug-likeness (QED) is 0.491. The third kappa shape index (κ3) is 25.0. The Balaban J connectivity index is -0.000000168. The standard InChI is InChI=1S/C10H19NO2.C7H12O.3C2H6.CH4O/c11-10(12)7-4-8-13-9-5-2-1-3-6-9;1-2-7(8)6-4-3-5-6;4*1-2/h9H,1-8H2,(H2,11,12);6H,2-5H2,1H3;3*1-2H3;2H,1H3. The van der Waals surface area contributed by atoms with Gasteiger partial charge in [0.2, 0.25) is 5.91 Å². The van der Waals surface area contributed by atoms with Gasteiger partial charge in [-0.1, -0.05) is 74.1 Å². The monoisotopic (exact) mass is 419 g/mol. The summed E-state index contributed by atoms with van der Waals surface area (Å²) in [7, 11) is 1.00. The fraction of sp³-hybridized carbons (Fsp3) is 0.917. The summed E-state index contributed by atoms with van der Waals surface area (Å²) in [5, 5.41) is 7.00. The SMILES string of the molecule is CC.CC.CC.CCC(=O)C1CCC1.CO.NC(=O)CCCOC1CCCCC1. The molecular formula is C24H53NO4. The zero-order valence-electron chi connectivity index (χ0n) is 20.9. The van der Waals surface area contributed by atoms with Crippen molar-refractivity contribution in [2.75, 3.05) is 13.7 Å². The van der Waals surface area contributed by atoms with Crippen LogP contribution in [-0.4, -0.2) is 36.6 Å². The maximum absolute atomic E-state index is 10.8. The lowest BCUT2D eigenvalue weighted by Crippen LogP contribution is -2.20. The molecule has 5 heteroatoms. The topological polar surface area (TPSA) is 89.6 Å². The van der Waals surface area contributed by atoms with E-state index in [0.717, 1.165) is 32.8 Å². The van der Waals surface area contributed by atoms with Crippen LogP contribution in [0.3, 0.4) is 0 Å². The summed E-state index contributed by atoms with van der Waals surface area (Å²) >= 11 is 0. The molecule has 0 aromatic rings. The van der Waals surface area contributed by atoms with Gasteiger partial charge >= 0.3 is 0 Å². The second-order valence-corrected chi connectivity index (χ2v) is 6.15. The number of nitrogens with two attached hydrogens (primary N) is 1. The van der Waals surface area contributed by atoms with Crippen LogP contribution in [0.2, 0.25) is 0 Å². The predicted octanol–water partition coefficient (Wildman–Crippen LogP) is 6.05. The maximum atomic E-state index is 10.8. The molecule has 0 atom stereocenters. The minimum absolute atomic E-state index is 0.229. The largest absolute Gasteiger partial charge is 0.400 e. The van der Waals surface area contributed by atoms with E-state index in [1.807, 2.05) is 48.5 Å². The molecule has 0 unspecified atom stereocenters. The van der Waals surface area contributed by atoms with Crippen molar-refractivity contribution in [3.8, 4) is 0 Å². The van der Waals surface area contributed by atoms with Crippen molar-refractivity contribution in [3.63, 3.8) is 0 Å². The van der Waals surface area contributed by atoms with E-state index in [2.05, 4.69) is 0 Å². The summed E-state index contributed by atoms with van der Waals surface area (Å²) in [6.45, 7) is 14.6. The molecule has 178 valence electrons. The van der Waals surface area contributed by atoms with Crippen LogP contribution in [0, 0.1) is 5.92 Å².